The molecule has 0 spiro atoms. The van der Waals surface area contributed by atoms with Gasteiger partial charge in [-0.2, -0.15) is 0 Å². The van der Waals surface area contributed by atoms with Crippen molar-refractivity contribution in [3.05, 3.63) is 16.1 Å². The zero-order chi connectivity index (χ0) is 13.7. The minimum atomic E-state index is 0.532. The van der Waals surface area contributed by atoms with Gasteiger partial charge in [-0.3, -0.25) is 4.90 Å². The summed E-state index contributed by atoms with van der Waals surface area (Å²) in [4.78, 5) is 9.68. The standard InChI is InChI=1S/C14H24ClN3S/c1-3-18(4-2)13-5-7-17(10-13)8-6-14-16-12(9-15)11-19-14/h11,13H,3-10H2,1-2H3. The number of nitrogens with zero attached hydrogens (tertiary/aromatic N) is 3. The van der Waals surface area contributed by atoms with Crippen molar-refractivity contribution < 1.29 is 0 Å². The van der Waals surface area contributed by atoms with E-state index in [1.165, 1.54) is 37.6 Å². The Kier molecular flexibility index (Phi) is 6.07. The SMILES string of the molecule is CCN(CC)C1CCN(CCc2nc(CCl)cs2)C1. The van der Waals surface area contributed by atoms with Gasteiger partial charge >= 0.3 is 0 Å². The number of rotatable bonds is 7. The van der Waals surface area contributed by atoms with Crippen molar-refractivity contribution in [3.8, 4) is 0 Å². The first-order valence-corrected chi connectivity index (χ1v) is 8.63. The van der Waals surface area contributed by atoms with E-state index < -0.39 is 0 Å². The lowest BCUT2D eigenvalue weighted by atomic mass is 10.2. The van der Waals surface area contributed by atoms with Gasteiger partial charge in [0.25, 0.3) is 0 Å². The van der Waals surface area contributed by atoms with Gasteiger partial charge in [-0.05, 0) is 26.1 Å². The molecule has 0 N–H and O–H groups in total. The molecule has 0 aromatic carbocycles. The Morgan fingerprint density at radius 2 is 2.26 bits per heavy atom. The maximum Gasteiger partial charge on any atom is 0.0941 e. The largest absolute Gasteiger partial charge is 0.301 e. The highest BCUT2D eigenvalue weighted by molar-refractivity contribution is 7.09. The normalized spacial score (nSPS) is 20.5. The van der Waals surface area contributed by atoms with E-state index in [-0.39, 0.29) is 0 Å². The Morgan fingerprint density at radius 1 is 1.47 bits per heavy atom. The molecule has 0 aliphatic carbocycles. The van der Waals surface area contributed by atoms with E-state index in [2.05, 4.69) is 34.0 Å². The molecule has 1 fully saturated rings. The summed E-state index contributed by atoms with van der Waals surface area (Å²) in [5, 5.41) is 3.30. The van der Waals surface area contributed by atoms with E-state index in [9.17, 15) is 0 Å². The van der Waals surface area contributed by atoms with E-state index in [1.807, 2.05) is 0 Å². The first kappa shape index (κ1) is 15.2. The molecule has 0 radical (unpaired) electrons. The fourth-order valence-corrected chi connectivity index (χ4v) is 3.85. The van der Waals surface area contributed by atoms with Crippen molar-refractivity contribution in [2.45, 2.75) is 38.6 Å². The van der Waals surface area contributed by atoms with Crippen LogP contribution < -0.4 is 0 Å². The van der Waals surface area contributed by atoms with Crippen molar-refractivity contribution in [2.24, 2.45) is 0 Å². The molecule has 1 aromatic heterocycles. The maximum atomic E-state index is 5.78. The zero-order valence-corrected chi connectivity index (χ0v) is 13.5. The minimum absolute atomic E-state index is 0.532. The number of thiazole rings is 1. The molecule has 0 bridgehead atoms. The second-order valence-electron chi connectivity index (χ2n) is 5.08. The highest BCUT2D eigenvalue weighted by Gasteiger charge is 2.25. The van der Waals surface area contributed by atoms with E-state index >= 15 is 0 Å². The lowest BCUT2D eigenvalue weighted by molar-refractivity contribution is 0.211. The van der Waals surface area contributed by atoms with Crippen LogP contribution in [0, 0.1) is 0 Å². The summed E-state index contributed by atoms with van der Waals surface area (Å²) in [5.74, 6) is 0.532. The van der Waals surface area contributed by atoms with Gasteiger partial charge in [0, 0.05) is 30.9 Å². The number of likely N-dealkylation sites (tertiary alicyclic amines) is 1. The average molecular weight is 302 g/mol. The van der Waals surface area contributed by atoms with Crippen molar-refractivity contribution in [1.82, 2.24) is 14.8 Å². The Balaban J connectivity index is 1.76. The topological polar surface area (TPSA) is 19.4 Å². The summed E-state index contributed by atoms with van der Waals surface area (Å²) >= 11 is 7.52. The van der Waals surface area contributed by atoms with Crippen LogP contribution in [0.15, 0.2) is 5.38 Å². The third-order valence-electron chi connectivity index (χ3n) is 3.95. The molecule has 19 heavy (non-hydrogen) atoms. The molecular weight excluding hydrogens is 278 g/mol. The van der Waals surface area contributed by atoms with E-state index in [4.69, 9.17) is 11.6 Å². The Labute approximate surface area is 125 Å². The summed E-state index contributed by atoms with van der Waals surface area (Å²) < 4.78 is 0. The monoisotopic (exact) mass is 301 g/mol. The number of likely N-dealkylation sites (N-methyl/N-ethyl adjacent to an activating group) is 1. The molecule has 1 aliphatic rings. The van der Waals surface area contributed by atoms with Crippen LogP contribution in [0.5, 0.6) is 0 Å². The summed E-state index contributed by atoms with van der Waals surface area (Å²) in [6, 6.07) is 0.754. The molecule has 1 aliphatic heterocycles. The Bertz CT molecular complexity index is 379. The molecule has 108 valence electrons. The summed E-state index contributed by atoms with van der Waals surface area (Å²) in [6.45, 7) is 10.4. The molecule has 0 amide bonds. The van der Waals surface area contributed by atoms with Crippen LogP contribution in [0.25, 0.3) is 0 Å². The quantitative estimate of drug-likeness (QED) is 0.722. The van der Waals surface area contributed by atoms with Crippen LogP contribution in [0.1, 0.15) is 31.0 Å². The van der Waals surface area contributed by atoms with Crippen LogP contribution >= 0.6 is 22.9 Å². The molecular formula is C14H24ClN3S. The van der Waals surface area contributed by atoms with Crippen molar-refractivity contribution >= 4 is 22.9 Å². The highest BCUT2D eigenvalue weighted by atomic mass is 35.5. The predicted octanol–water partition coefficient (Wildman–Crippen LogP) is 2.84. The van der Waals surface area contributed by atoms with Gasteiger partial charge in [0.1, 0.15) is 0 Å². The molecule has 0 saturated carbocycles. The number of alkyl halides is 1. The molecule has 1 atom stereocenters. The third-order valence-corrected chi connectivity index (χ3v) is 5.19. The first-order valence-electron chi connectivity index (χ1n) is 7.22. The second kappa shape index (κ2) is 7.58. The molecule has 3 nitrogen and oxygen atoms in total. The second-order valence-corrected chi connectivity index (χ2v) is 6.29. The van der Waals surface area contributed by atoms with E-state index in [0.29, 0.717) is 5.88 Å². The van der Waals surface area contributed by atoms with Gasteiger partial charge in [-0.1, -0.05) is 13.8 Å². The van der Waals surface area contributed by atoms with E-state index in [1.54, 1.807) is 11.3 Å². The molecule has 1 saturated heterocycles. The smallest absolute Gasteiger partial charge is 0.0941 e. The van der Waals surface area contributed by atoms with E-state index in [0.717, 1.165) is 24.7 Å². The fourth-order valence-electron chi connectivity index (χ4n) is 2.83. The lowest BCUT2D eigenvalue weighted by Gasteiger charge is -2.26. The number of hydrogen-bond acceptors (Lipinski definition) is 4. The third kappa shape index (κ3) is 4.15. The number of hydrogen-bond donors (Lipinski definition) is 0. The Morgan fingerprint density at radius 3 is 2.89 bits per heavy atom. The van der Waals surface area contributed by atoms with Crippen LogP contribution in [0.2, 0.25) is 0 Å². The molecule has 2 heterocycles. The van der Waals surface area contributed by atoms with Crippen LogP contribution in [0.3, 0.4) is 0 Å². The van der Waals surface area contributed by atoms with Crippen LogP contribution in [-0.2, 0) is 12.3 Å². The van der Waals surface area contributed by atoms with Crippen molar-refractivity contribution in [1.29, 1.82) is 0 Å². The lowest BCUT2D eigenvalue weighted by Crippen LogP contribution is -2.37. The number of aromatic nitrogens is 1. The molecule has 2 rings (SSSR count). The van der Waals surface area contributed by atoms with Gasteiger partial charge in [0.15, 0.2) is 0 Å². The van der Waals surface area contributed by atoms with Gasteiger partial charge in [0.05, 0.1) is 16.6 Å². The molecule has 5 heteroatoms. The van der Waals surface area contributed by atoms with Gasteiger partial charge in [-0.25, -0.2) is 4.98 Å². The predicted molar refractivity (Wildman–Crippen MR) is 83.1 cm³/mol. The Hall–Kier alpha value is -0.160. The first-order chi connectivity index (χ1) is 9.26. The van der Waals surface area contributed by atoms with Crippen LogP contribution in [0.4, 0.5) is 0 Å². The average Bonchev–Trinajstić information content (AvgIpc) is 3.06. The summed E-state index contributed by atoms with van der Waals surface area (Å²) in [5.41, 5.74) is 1.02. The number of halogens is 1. The fraction of sp³-hybridized carbons (Fsp3) is 0.786. The maximum absolute atomic E-state index is 5.78. The highest BCUT2D eigenvalue weighted by Crippen LogP contribution is 2.17. The van der Waals surface area contributed by atoms with Crippen LogP contribution in [-0.4, -0.2) is 53.5 Å². The molecule has 1 aromatic rings. The van der Waals surface area contributed by atoms with Gasteiger partial charge in [0.2, 0.25) is 0 Å². The van der Waals surface area contributed by atoms with Crippen molar-refractivity contribution in [3.63, 3.8) is 0 Å². The van der Waals surface area contributed by atoms with Crippen molar-refractivity contribution in [2.75, 3.05) is 32.7 Å². The minimum Gasteiger partial charge on any atom is -0.301 e. The zero-order valence-electron chi connectivity index (χ0n) is 11.9. The molecule has 1 unspecified atom stereocenters. The van der Waals surface area contributed by atoms with Gasteiger partial charge in [-0.15, -0.1) is 22.9 Å². The summed E-state index contributed by atoms with van der Waals surface area (Å²) in [6.07, 6.45) is 2.37. The van der Waals surface area contributed by atoms with Gasteiger partial charge < -0.3 is 4.90 Å². The summed E-state index contributed by atoms with van der Waals surface area (Å²) in [7, 11) is 0.